The second kappa shape index (κ2) is 9.47. The number of ketones is 2. The average molecular weight is 432 g/mol. The molecule has 0 saturated carbocycles. The third-order valence-electron chi connectivity index (χ3n) is 5.02. The summed E-state index contributed by atoms with van der Waals surface area (Å²) in [5.41, 5.74) is 2.24. The number of phenols is 2. The summed E-state index contributed by atoms with van der Waals surface area (Å²) >= 11 is 0. The molecule has 0 spiro atoms. The van der Waals surface area contributed by atoms with Crippen LogP contribution in [0.15, 0.2) is 65.8 Å². The summed E-state index contributed by atoms with van der Waals surface area (Å²) in [6.45, 7) is 5.68. The quantitative estimate of drug-likeness (QED) is 0.297. The van der Waals surface area contributed by atoms with E-state index in [0.29, 0.717) is 0 Å². The highest BCUT2D eigenvalue weighted by Gasteiger charge is 2.35. The number of allylic oxidation sites excluding steroid dienone is 2. The fraction of sp³-hybridized carbons (Fsp3) is 0.192. The molecule has 0 bridgehead atoms. The fourth-order valence-corrected chi connectivity index (χ4v) is 3.33. The number of aryl methyl sites for hydroxylation is 1. The summed E-state index contributed by atoms with van der Waals surface area (Å²) in [5.74, 6) is -2.81. The second-order valence-corrected chi connectivity index (χ2v) is 7.83. The van der Waals surface area contributed by atoms with Gasteiger partial charge in [0.25, 0.3) is 0 Å². The molecule has 2 aromatic rings. The highest BCUT2D eigenvalue weighted by molar-refractivity contribution is 6.27. The molecule has 1 aliphatic carbocycles. The van der Waals surface area contributed by atoms with Crippen molar-refractivity contribution in [3.8, 4) is 11.5 Å². The predicted octanol–water partition coefficient (Wildman–Crippen LogP) is 4.69. The van der Waals surface area contributed by atoms with Crippen molar-refractivity contribution >= 4 is 23.6 Å². The van der Waals surface area contributed by atoms with Crippen LogP contribution in [-0.4, -0.2) is 33.9 Å². The van der Waals surface area contributed by atoms with E-state index in [1.165, 1.54) is 6.08 Å². The molecule has 0 radical (unpaired) electrons. The van der Waals surface area contributed by atoms with Gasteiger partial charge < -0.3 is 14.9 Å². The van der Waals surface area contributed by atoms with E-state index in [9.17, 15) is 24.6 Å². The molecular formula is C26H24O6. The van der Waals surface area contributed by atoms with Gasteiger partial charge in [0.1, 0.15) is 17.6 Å². The van der Waals surface area contributed by atoms with Crippen molar-refractivity contribution in [1.29, 1.82) is 0 Å². The molecule has 6 nitrogen and oxygen atoms in total. The van der Waals surface area contributed by atoms with Gasteiger partial charge in [0.05, 0.1) is 11.1 Å². The first-order chi connectivity index (χ1) is 15.2. The smallest absolute Gasteiger partial charge is 0.331 e. The molecule has 164 valence electrons. The van der Waals surface area contributed by atoms with Crippen molar-refractivity contribution in [2.24, 2.45) is 0 Å². The fourth-order valence-electron chi connectivity index (χ4n) is 3.33. The SMILES string of the molecule is CC(C)=CCC(OC(=O)/C=C/c1ccc(C)cc1)C1=CC(=O)c2c(O)ccc(O)c2C1=O. The van der Waals surface area contributed by atoms with Crippen LogP contribution in [0.2, 0.25) is 0 Å². The van der Waals surface area contributed by atoms with Gasteiger partial charge >= 0.3 is 5.97 Å². The van der Waals surface area contributed by atoms with E-state index in [0.717, 1.165) is 34.9 Å². The van der Waals surface area contributed by atoms with Gasteiger partial charge in [0.15, 0.2) is 11.6 Å². The van der Waals surface area contributed by atoms with Crippen molar-refractivity contribution in [3.05, 3.63) is 88.0 Å². The van der Waals surface area contributed by atoms with Gasteiger partial charge in [-0.15, -0.1) is 0 Å². The zero-order valence-corrected chi connectivity index (χ0v) is 18.1. The van der Waals surface area contributed by atoms with E-state index in [1.807, 2.05) is 45.0 Å². The number of benzene rings is 2. The molecule has 0 aliphatic heterocycles. The second-order valence-electron chi connectivity index (χ2n) is 7.83. The number of phenolic OH excluding ortho intramolecular Hbond substituents is 2. The van der Waals surface area contributed by atoms with Gasteiger partial charge in [-0.05, 0) is 50.6 Å². The first-order valence-corrected chi connectivity index (χ1v) is 10.1. The van der Waals surface area contributed by atoms with Gasteiger partial charge in [-0.2, -0.15) is 0 Å². The van der Waals surface area contributed by atoms with E-state index in [4.69, 9.17) is 4.74 Å². The maximum absolute atomic E-state index is 13.1. The summed E-state index contributed by atoms with van der Waals surface area (Å²) in [5, 5.41) is 20.1. The Morgan fingerprint density at radius 3 is 2.25 bits per heavy atom. The lowest BCUT2D eigenvalue weighted by atomic mass is 9.85. The molecule has 0 saturated heterocycles. The van der Waals surface area contributed by atoms with Gasteiger partial charge in [0.2, 0.25) is 0 Å². The molecule has 3 rings (SSSR count). The lowest BCUT2D eigenvalue weighted by Crippen LogP contribution is -2.28. The van der Waals surface area contributed by atoms with Crippen LogP contribution in [0.4, 0.5) is 0 Å². The maximum atomic E-state index is 13.1. The summed E-state index contributed by atoms with van der Waals surface area (Å²) < 4.78 is 5.53. The van der Waals surface area contributed by atoms with Gasteiger partial charge in [-0.1, -0.05) is 41.5 Å². The minimum absolute atomic E-state index is 0.0574. The highest BCUT2D eigenvalue weighted by Crippen LogP contribution is 2.36. The number of ether oxygens (including phenoxy) is 1. The standard InChI is InChI=1S/C26H24O6/c1-15(2)4-12-22(32-23(30)13-9-17-7-5-16(3)6-8-17)18-14-21(29)24-19(27)10-11-20(28)25(24)26(18)31/h4-11,13-14,22,27-28H,12H2,1-3H3/b13-9+. The molecule has 1 atom stereocenters. The van der Waals surface area contributed by atoms with Crippen LogP contribution in [-0.2, 0) is 9.53 Å². The van der Waals surface area contributed by atoms with Crippen molar-refractivity contribution in [1.82, 2.24) is 0 Å². The molecule has 32 heavy (non-hydrogen) atoms. The molecule has 6 heteroatoms. The number of rotatable bonds is 6. The third-order valence-corrected chi connectivity index (χ3v) is 5.02. The minimum atomic E-state index is -1.04. The Labute approximate surface area is 186 Å². The van der Waals surface area contributed by atoms with Crippen LogP contribution in [0, 0.1) is 6.92 Å². The number of fused-ring (bicyclic) bond motifs is 1. The molecule has 0 heterocycles. The molecule has 0 amide bonds. The summed E-state index contributed by atoms with van der Waals surface area (Å²) in [7, 11) is 0. The number of hydrogen-bond donors (Lipinski definition) is 2. The number of aromatic hydroxyl groups is 2. The number of esters is 1. The van der Waals surface area contributed by atoms with Gasteiger partial charge in [-0.25, -0.2) is 4.79 Å². The Morgan fingerprint density at radius 2 is 1.62 bits per heavy atom. The molecule has 2 N–H and O–H groups in total. The molecule has 0 fully saturated rings. The van der Waals surface area contributed by atoms with E-state index in [1.54, 1.807) is 12.2 Å². The number of hydrogen-bond acceptors (Lipinski definition) is 6. The Kier molecular flexibility index (Phi) is 6.73. The van der Waals surface area contributed by atoms with E-state index >= 15 is 0 Å². The topological polar surface area (TPSA) is 101 Å². The Hall–Kier alpha value is -3.93. The summed E-state index contributed by atoms with van der Waals surface area (Å²) in [6, 6.07) is 9.84. The minimum Gasteiger partial charge on any atom is -0.507 e. The zero-order valence-electron chi connectivity index (χ0n) is 18.1. The molecule has 2 aromatic carbocycles. The van der Waals surface area contributed by atoms with Crippen LogP contribution in [0.25, 0.3) is 6.08 Å². The number of carbonyl (C=O) groups excluding carboxylic acids is 3. The highest BCUT2D eigenvalue weighted by atomic mass is 16.5. The van der Waals surface area contributed by atoms with Crippen molar-refractivity contribution in [2.75, 3.05) is 0 Å². The number of Topliss-reactive ketones (excluding diaryl/α,β-unsaturated/α-hetero) is 1. The first-order valence-electron chi connectivity index (χ1n) is 10.1. The normalized spacial score (nSPS) is 14.0. The number of carbonyl (C=O) groups is 3. The van der Waals surface area contributed by atoms with Crippen LogP contribution in [0.1, 0.15) is 52.1 Å². The van der Waals surface area contributed by atoms with Crippen LogP contribution in [0.5, 0.6) is 11.5 Å². The molecule has 1 unspecified atom stereocenters. The predicted molar refractivity (Wildman–Crippen MR) is 121 cm³/mol. The summed E-state index contributed by atoms with van der Waals surface area (Å²) in [6.07, 6.45) is 4.84. The lowest BCUT2D eigenvalue weighted by molar-refractivity contribution is -0.140. The Morgan fingerprint density at radius 1 is 1.00 bits per heavy atom. The van der Waals surface area contributed by atoms with Crippen molar-refractivity contribution in [3.63, 3.8) is 0 Å². The Bertz CT molecular complexity index is 1160. The van der Waals surface area contributed by atoms with Gasteiger partial charge in [-0.3, -0.25) is 9.59 Å². The monoisotopic (exact) mass is 432 g/mol. The average Bonchev–Trinajstić information content (AvgIpc) is 2.75. The van der Waals surface area contributed by atoms with Crippen LogP contribution in [0.3, 0.4) is 0 Å². The van der Waals surface area contributed by atoms with E-state index < -0.39 is 35.1 Å². The third kappa shape index (κ3) is 5.03. The maximum Gasteiger partial charge on any atom is 0.331 e. The Balaban J connectivity index is 1.90. The zero-order chi connectivity index (χ0) is 23.4. The van der Waals surface area contributed by atoms with Crippen LogP contribution >= 0.6 is 0 Å². The van der Waals surface area contributed by atoms with E-state index in [2.05, 4.69) is 0 Å². The molecular weight excluding hydrogens is 408 g/mol. The lowest BCUT2D eigenvalue weighted by Gasteiger charge is -2.23. The molecule has 1 aliphatic rings. The van der Waals surface area contributed by atoms with Crippen molar-refractivity contribution in [2.45, 2.75) is 33.3 Å². The van der Waals surface area contributed by atoms with Gasteiger partial charge in [0, 0.05) is 18.1 Å². The largest absolute Gasteiger partial charge is 0.507 e. The molecule has 0 aromatic heterocycles. The summed E-state index contributed by atoms with van der Waals surface area (Å²) in [4.78, 5) is 38.2. The first kappa shape index (κ1) is 22.7. The van der Waals surface area contributed by atoms with E-state index in [-0.39, 0.29) is 23.1 Å². The van der Waals surface area contributed by atoms with Crippen LogP contribution < -0.4 is 0 Å². The van der Waals surface area contributed by atoms with Crippen molar-refractivity contribution < 1.29 is 29.3 Å².